The number of aromatic amines is 1. The van der Waals surface area contributed by atoms with E-state index in [4.69, 9.17) is 0 Å². The first-order valence-electron chi connectivity index (χ1n) is 6.46. The molecule has 2 heterocycles. The Labute approximate surface area is 106 Å². The van der Waals surface area contributed by atoms with Crippen molar-refractivity contribution in [2.75, 3.05) is 13.1 Å². The molecule has 94 valence electrons. The van der Waals surface area contributed by atoms with Gasteiger partial charge in [0.25, 0.3) is 5.91 Å². The van der Waals surface area contributed by atoms with E-state index in [0.717, 1.165) is 36.8 Å². The zero-order chi connectivity index (χ0) is 12.4. The summed E-state index contributed by atoms with van der Waals surface area (Å²) in [7, 11) is 0. The van der Waals surface area contributed by atoms with Crippen LogP contribution in [0, 0.1) is 0 Å². The lowest BCUT2D eigenvalue weighted by Gasteiger charge is -2.26. The van der Waals surface area contributed by atoms with Crippen molar-refractivity contribution in [3.05, 3.63) is 36.0 Å². The number of amides is 1. The molecule has 0 saturated carbocycles. The summed E-state index contributed by atoms with van der Waals surface area (Å²) in [5.74, 6) is -0.0481. The van der Waals surface area contributed by atoms with Crippen molar-refractivity contribution in [1.29, 1.82) is 0 Å². The molecule has 1 fully saturated rings. The minimum Gasteiger partial charge on any atom is -0.350 e. The van der Waals surface area contributed by atoms with Gasteiger partial charge in [-0.05, 0) is 25.0 Å². The zero-order valence-corrected chi connectivity index (χ0v) is 10.3. The number of nitrogens with zero attached hydrogens (tertiary/aromatic N) is 1. The first-order chi connectivity index (χ1) is 8.83. The van der Waals surface area contributed by atoms with Crippen LogP contribution in [-0.2, 0) is 0 Å². The van der Waals surface area contributed by atoms with Gasteiger partial charge >= 0.3 is 0 Å². The predicted molar refractivity (Wildman–Crippen MR) is 71.2 cm³/mol. The third kappa shape index (κ3) is 2.24. The van der Waals surface area contributed by atoms with E-state index in [2.05, 4.69) is 10.4 Å². The van der Waals surface area contributed by atoms with Crippen LogP contribution in [-0.4, -0.2) is 29.0 Å². The van der Waals surface area contributed by atoms with Gasteiger partial charge in [-0.3, -0.25) is 10.2 Å². The van der Waals surface area contributed by atoms with E-state index in [1.54, 1.807) is 0 Å². The SMILES string of the molecule is O=C(NN1CCCCC1)c1cc2ccccc2[nH]1. The molecule has 1 saturated heterocycles. The fourth-order valence-electron chi connectivity index (χ4n) is 2.41. The number of piperidine rings is 1. The van der Waals surface area contributed by atoms with Crippen LogP contribution in [0.4, 0.5) is 0 Å². The highest BCUT2D eigenvalue weighted by Crippen LogP contribution is 2.15. The number of fused-ring (bicyclic) bond motifs is 1. The Kier molecular flexibility index (Phi) is 3.02. The van der Waals surface area contributed by atoms with Gasteiger partial charge in [0.05, 0.1) is 0 Å². The van der Waals surface area contributed by atoms with Gasteiger partial charge in [0.15, 0.2) is 0 Å². The number of hydrogen-bond donors (Lipinski definition) is 2. The lowest BCUT2D eigenvalue weighted by Crippen LogP contribution is -2.45. The second-order valence-corrected chi connectivity index (χ2v) is 4.76. The molecule has 0 atom stereocenters. The Morgan fingerprint density at radius 2 is 1.94 bits per heavy atom. The molecule has 18 heavy (non-hydrogen) atoms. The number of para-hydroxylation sites is 1. The van der Waals surface area contributed by atoms with Crippen molar-refractivity contribution in [3.63, 3.8) is 0 Å². The molecule has 0 spiro atoms. The lowest BCUT2D eigenvalue weighted by atomic mass is 10.2. The van der Waals surface area contributed by atoms with Gasteiger partial charge in [-0.1, -0.05) is 24.6 Å². The molecular formula is C14H17N3O. The van der Waals surface area contributed by atoms with E-state index in [1.807, 2.05) is 35.3 Å². The van der Waals surface area contributed by atoms with Gasteiger partial charge in [0.1, 0.15) is 5.69 Å². The monoisotopic (exact) mass is 243 g/mol. The fraction of sp³-hybridized carbons (Fsp3) is 0.357. The number of rotatable bonds is 2. The van der Waals surface area contributed by atoms with Crippen LogP contribution in [0.25, 0.3) is 10.9 Å². The van der Waals surface area contributed by atoms with Crippen LogP contribution in [0.15, 0.2) is 30.3 Å². The van der Waals surface area contributed by atoms with Crippen molar-refractivity contribution in [2.24, 2.45) is 0 Å². The minimum atomic E-state index is -0.0481. The van der Waals surface area contributed by atoms with Gasteiger partial charge in [0.2, 0.25) is 0 Å². The van der Waals surface area contributed by atoms with E-state index in [0.29, 0.717) is 5.69 Å². The quantitative estimate of drug-likeness (QED) is 0.850. The molecule has 1 aromatic carbocycles. The van der Waals surface area contributed by atoms with Crippen molar-refractivity contribution in [2.45, 2.75) is 19.3 Å². The Morgan fingerprint density at radius 3 is 2.72 bits per heavy atom. The van der Waals surface area contributed by atoms with Crippen molar-refractivity contribution >= 4 is 16.8 Å². The Bertz CT molecular complexity index is 522. The predicted octanol–water partition coefficient (Wildman–Crippen LogP) is 2.30. The highest BCUT2D eigenvalue weighted by Gasteiger charge is 2.15. The molecule has 1 aliphatic rings. The first-order valence-corrected chi connectivity index (χ1v) is 6.46. The van der Waals surface area contributed by atoms with Crippen LogP contribution >= 0.6 is 0 Å². The molecule has 2 N–H and O–H groups in total. The summed E-state index contributed by atoms with van der Waals surface area (Å²) in [5.41, 5.74) is 4.59. The van der Waals surface area contributed by atoms with Crippen LogP contribution in [0.2, 0.25) is 0 Å². The molecule has 1 aliphatic heterocycles. The number of hydrazine groups is 1. The van der Waals surface area contributed by atoms with Crippen molar-refractivity contribution in [3.8, 4) is 0 Å². The van der Waals surface area contributed by atoms with Gasteiger partial charge in [-0.25, -0.2) is 5.01 Å². The third-order valence-corrected chi connectivity index (χ3v) is 3.39. The minimum absolute atomic E-state index is 0.0481. The molecule has 1 aromatic heterocycles. The van der Waals surface area contributed by atoms with Crippen LogP contribution < -0.4 is 5.43 Å². The average molecular weight is 243 g/mol. The summed E-state index contributed by atoms with van der Waals surface area (Å²) in [6, 6.07) is 9.82. The van der Waals surface area contributed by atoms with E-state index in [-0.39, 0.29) is 5.91 Å². The summed E-state index contributed by atoms with van der Waals surface area (Å²) in [4.78, 5) is 15.2. The standard InChI is InChI=1S/C14H17N3O/c18-14(16-17-8-4-1-5-9-17)13-10-11-6-2-3-7-12(11)15-13/h2-3,6-7,10,15H,1,4-5,8-9H2,(H,16,18). The second-order valence-electron chi connectivity index (χ2n) is 4.76. The molecule has 0 unspecified atom stereocenters. The lowest BCUT2D eigenvalue weighted by molar-refractivity contribution is 0.0745. The van der Waals surface area contributed by atoms with Crippen LogP contribution in [0.5, 0.6) is 0 Å². The molecule has 0 aliphatic carbocycles. The van der Waals surface area contributed by atoms with Gasteiger partial charge in [0, 0.05) is 24.0 Å². The molecular weight excluding hydrogens is 226 g/mol. The van der Waals surface area contributed by atoms with Crippen molar-refractivity contribution in [1.82, 2.24) is 15.4 Å². The number of hydrogen-bond acceptors (Lipinski definition) is 2. The first kappa shape index (κ1) is 11.3. The molecule has 3 rings (SSSR count). The van der Waals surface area contributed by atoms with E-state index in [9.17, 15) is 4.79 Å². The van der Waals surface area contributed by atoms with Gasteiger partial charge in [-0.15, -0.1) is 0 Å². The topological polar surface area (TPSA) is 48.1 Å². The Hall–Kier alpha value is -1.81. The molecule has 0 radical (unpaired) electrons. The number of nitrogens with one attached hydrogen (secondary N) is 2. The summed E-state index contributed by atoms with van der Waals surface area (Å²) >= 11 is 0. The van der Waals surface area contributed by atoms with E-state index >= 15 is 0 Å². The molecule has 4 nitrogen and oxygen atoms in total. The maximum atomic E-state index is 12.1. The number of aromatic nitrogens is 1. The fourth-order valence-corrected chi connectivity index (χ4v) is 2.41. The van der Waals surface area contributed by atoms with E-state index in [1.165, 1.54) is 6.42 Å². The van der Waals surface area contributed by atoms with Crippen molar-refractivity contribution < 1.29 is 4.79 Å². The Morgan fingerprint density at radius 1 is 1.17 bits per heavy atom. The molecule has 0 bridgehead atoms. The molecule has 1 amide bonds. The van der Waals surface area contributed by atoms with Crippen LogP contribution in [0.1, 0.15) is 29.8 Å². The molecule has 2 aromatic rings. The third-order valence-electron chi connectivity index (χ3n) is 3.39. The highest BCUT2D eigenvalue weighted by molar-refractivity contribution is 5.97. The second kappa shape index (κ2) is 4.82. The Balaban J connectivity index is 1.74. The zero-order valence-electron chi connectivity index (χ0n) is 10.3. The average Bonchev–Trinajstić information content (AvgIpc) is 2.84. The summed E-state index contributed by atoms with van der Waals surface area (Å²) < 4.78 is 0. The van der Waals surface area contributed by atoms with Gasteiger partial charge in [-0.2, -0.15) is 0 Å². The smallest absolute Gasteiger partial charge is 0.282 e. The number of carbonyl (C=O) groups excluding carboxylic acids is 1. The van der Waals surface area contributed by atoms with E-state index < -0.39 is 0 Å². The number of benzene rings is 1. The summed E-state index contributed by atoms with van der Waals surface area (Å²) in [6.45, 7) is 1.90. The maximum absolute atomic E-state index is 12.1. The highest BCUT2D eigenvalue weighted by atomic mass is 16.2. The van der Waals surface area contributed by atoms with Crippen LogP contribution in [0.3, 0.4) is 0 Å². The number of H-pyrrole nitrogens is 1. The summed E-state index contributed by atoms with van der Waals surface area (Å²) in [5, 5.41) is 3.08. The summed E-state index contributed by atoms with van der Waals surface area (Å²) in [6.07, 6.45) is 3.58. The largest absolute Gasteiger partial charge is 0.350 e. The molecule has 4 heteroatoms. The normalized spacial score (nSPS) is 16.9. The van der Waals surface area contributed by atoms with Gasteiger partial charge < -0.3 is 4.98 Å². The number of carbonyl (C=O) groups is 1. The maximum Gasteiger partial charge on any atom is 0.282 e.